The van der Waals surface area contributed by atoms with Gasteiger partial charge in [-0.25, -0.2) is 13.6 Å². The van der Waals surface area contributed by atoms with Crippen molar-refractivity contribution in [2.45, 2.75) is 4.90 Å². The molecule has 0 aliphatic rings. The SMILES string of the molecule is NS(=O)(=O)c1ccc(NC(=O)COc2c(Cl)c(Cl)c(Cl)c(Cl)c2Cl)cc1. The lowest BCUT2D eigenvalue weighted by Crippen LogP contribution is -2.20. The molecule has 0 aliphatic carbocycles. The van der Waals surface area contributed by atoms with Crippen LogP contribution in [0, 0.1) is 0 Å². The van der Waals surface area contributed by atoms with E-state index in [9.17, 15) is 13.2 Å². The molecular formula is C14H9Cl5N2O4S. The van der Waals surface area contributed by atoms with Gasteiger partial charge >= 0.3 is 0 Å². The molecule has 12 heteroatoms. The van der Waals surface area contributed by atoms with Crippen molar-refractivity contribution < 1.29 is 17.9 Å². The highest BCUT2D eigenvalue weighted by Gasteiger charge is 2.21. The monoisotopic (exact) mass is 476 g/mol. The molecule has 0 fully saturated rings. The van der Waals surface area contributed by atoms with Crippen molar-refractivity contribution in [2.75, 3.05) is 11.9 Å². The van der Waals surface area contributed by atoms with Gasteiger partial charge in [0, 0.05) is 5.69 Å². The van der Waals surface area contributed by atoms with Crippen LogP contribution >= 0.6 is 58.0 Å². The summed E-state index contributed by atoms with van der Waals surface area (Å²) in [5.41, 5.74) is 0.329. The summed E-state index contributed by atoms with van der Waals surface area (Å²) in [5, 5.41) is 7.16. The fourth-order valence-corrected chi connectivity index (χ4v) is 3.52. The highest BCUT2D eigenvalue weighted by atomic mass is 35.5. The summed E-state index contributed by atoms with van der Waals surface area (Å²) >= 11 is 29.7. The van der Waals surface area contributed by atoms with Crippen LogP contribution in [-0.2, 0) is 14.8 Å². The zero-order valence-electron chi connectivity index (χ0n) is 12.5. The predicted octanol–water partition coefficient (Wildman–Crippen LogP) is 4.62. The number of ether oxygens (including phenoxy) is 1. The zero-order valence-corrected chi connectivity index (χ0v) is 17.1. The Bertz CT molecular complexity index is 935. The second kappa shape index (κ2) is 8.39. The lowest BCUT2D eigenvalue weighted by molar-refractivity contribution is -0.118. The third-order valence-corrected chi connectivity index (χ3v) is 6.16. The molecule has 0 aliphatic heterocycles. The third kappa shape index (κ3) is 4.86. The molecule has 0 atom stereocenters. The van der Waals surface area contributed by atoms with E-state index >= 15 is 0 Å². The number of halogens is 5. The van der Waals surface area contributed by atoms with Gasteiger partial charge in [-0.1, -0.05) is 58.0 Å². The van der Waals surface area contributed by atoms with Gasteiger partial charge in [-0.15, -0.1) is 0 Å². The quantitative estimate of drug-likeness (QED) is 0.484. The highest BCUT2D eigenvalue weighted by Crippen LogP contribution is 2.48. The maximum absolute atomic E-state index is 12.0. The van der Waals surface area contributed by atoms with Crippen LogP contribution in [0.2, 0.25) is 25.1 Å². The van der Waals surface area contributed by atoms with Crippen LogP contribution in [0.5, 0.6) is 5.75 Å². The Morgan fingerprint density at radius 2 is 1.38 bits per heavy atom. The summed E-state index contributed by atoms with van der Waals surface area (Å²) in [7, 11) is -3.82. The number of sulfonamides is 1. The molecule has 0 heterocycles. The van der Waals surface area contributed by atoms with Gasteiger partial charge in [-0.05, 0) is 24.3 Å². The largest absolute Gasteiger partial charge is 0.481 e. The molecule has 2 aromatic rings. The number of nitrogens with one attached hydrogen (secondary N) is 1. The molecule has 0 unspecified atom stereocenters. The van der Waals surface area contributed by atoms with E-state index in [1.54, 1.807) is 0 Å². The molecule has 0 saturated heterocycles. The summed E-state index contributed by atoms with van der Waals surface area (Å²) < 4.78 is 27.6. The molecule has 3 N–H and O–H groups in total. The molecule has 1 amide bonds. The number of amides is 1. The van der Waals surface area contributed by atoms with E-state index in [-0.39, 0.29) is 35.8 Å². The number of hydrogen-bond acceptors (Lipinski definition) is 4. The van der Waals surface area contributed by atoms with Gasteiger partial charge in [0.2, 0.25) is 10.0 Å². The summed E-state index contributed by atoms with van der Waals surface area (Å²) in [4.78, 5) is 11.9. The Hall–Kier alpha value is -0.930. The van der Waals surface area contributed by atoms with E-state index < -0.39 is 22.5 Å². The zero-order chi connectivity index (χ0) is 19.6. The molecule has 0 spiro atoms. The van der Waals surface area contributed by atoms with Crippen molar-refractivity contribution in [3.05, 3.63) is 49.4 Å². The highest BCUT2D eigenvalue weighted by molar-refractivity contribution is 7.89. The van der Waals surface area contributed by atoms with Crippen LogP contribution in [0.4, 0.5) is 5.69 Å². The molecule has 140 valence electrons. The Morgan fingerprint density at radius 1 is 0.923 bits per heavy atom. The van der Waals surface area contributed by atoms with E-state index in [0.29, 0.717) is 5.69 Å². The Balaban J connectivity index is 2.08. The lowest BCUT2D eigenvalue weighted by atomic mass is 10.3. The molecule has 6 nitrogen and oxygen atoms in total. The molecule has 0 aromatic heterocycles. The fraction of sp³-hybridized carbons (Fsp3) is 0.0714. The standard InChI is InChI=1S/C14H9Cl5N2O4S/c15-9-10(16)12(18)14(13(19)11(9)17)25-5-8(22)21-6-1-3-7(4-2-6)26(20,23)24/h1-4H,5H2,(H,21,22)(H2,20,23,24). The molecule has 0 bridgehead atoms. The van der Waals surface area contributed by atoms with Crippen molar-refractivity contribution in [1.29, 1.82) is 0 Å². The Morgan fingerprint density at radius 3 is 1.85 bits per heavy atom. The van der Waals surface area contributed by atoms with E-state index in [1.165, 1.54) is 24.3 Å². The van der Waals surface area contributed by atoms with Gasteiger partial charge in [-0.3, -0.25) is 4.79 Å². The molecular weight excluding hydrogens is 469 g/mol. The summed E-state index contributed by atoms with van der Waals surface area (Å²) in [6, 6.07) is 5.23. The number of primary sulfonamides is 1. The van der Waals surface area contributed by atoms with E-state index in [0.717, 1.165) is 0 Å². The first-order valence-electron chi connectivity index (χ1n) is 6.59. The predicted molar refractivity (Wildman–Crippen MR) is 103 cm³/mol. The number of carbonyl (C=O) groups excluding carboxylic acids is 1. The van der Waals surface area contributed by atoms with Crippen LogP contribution in [-0.4, -0.2) is 20.9 Å². The fourth-order valence-electron chi connectivity index (χ4n) is 1.77. The maximum atomic E-state index is 12.0. The number of benzene rings is 2. The van der Waals surface area contributed by atoms with Crippen LogP contribution in [0.15, 0.2) is 29.2 Å². The first-order valence-corrected chi connectivity index (χ1v) is 10.0. The second-order valence-corrected chi connectivity index (χ2v) is 8.26. The van der Waals surface area contributed by atoms with Crippen molar-refractivity contribution in [3.63, 3.8) is 0 Å². The normalized spacial score (nSPS) is 11.3. The topological polar surface area (TPSA) is 98.5 Å². The van der Waals surface area contributed by atoms with Crippen LogP contribution in [0.3, 0.4) is 0 Å². The van der Waals surface area contributed by atoms with Crippen molar-refractivity contribution in [3.8, 4) is 5.75 Å². The Kier molecular flexibility index (Phi) is 6.90. The number of carbonyl (C=O) groups is 1. The third-order valence-electron chi connectivity index (χ3n) is 2.98. The number of anilines is 1. The second-order valence-electron chi connectivity index (χ2n) is 4.81. The first-order chi connectivity index (χ1) is 12.0. The summed E-state index contributed by atoms with van der Waals surface area (Å²) in [6.45, 7) is -0.468. The molecule has 2 aromatic carbocycles. The van der Waals surface area contributed by atoms with Crippen molar-refractivity contribution in [2.24, 2.45) is 5.14 Å². The average Bonchev–Trinajstić information content (AvgIpc) is 2.58. The average molecular weight is 479 g/mol. The van der Waals surface area contributed by atoms with E-state index in [2.05, 4.69) is 5.32 Å². The lowest BCUT2D eigenvalue weighted by Gasteiger charge is -2.13. The number of rotatable bonds is 5. The first kappa shape index (κ1) is 21.4. The minimum absolute atomic E-state index is 0.0323. The van der Waals surface area contributed by atoms with Gasteiger partial charge in [0.05, 0.1) is 20.0 Å². The molecule has 0 saturated carbocycles. The molecule has 2 rings (SSSR count). The minimum atomic E-state index is -3.82. The van der Waals surface area contributed by atoms with Crippen molar-refractivity contribution >= 4 is 79.6 Å². The van der Waals surface area contributed by atoms with Crippen LogP contribution in [0.25, 0.3) is 0 Å². The number of hydrogen-bond donors (Lipinski definition) is 2. The van der Waals surface area contributed by atoms with Gasteiger partial charge in [0.25, 0.3) is 5.91 Å². The van der Waals surface area contributed by atoms with E-state index in [4.69, 9.17) is 67.9 Å². The Labute approximate surface area is 174 Å². The molecule has 0 radical (unpaired) electrons. The van der Waals surface area contributed by atoms with Gasteiger partial charge < -0.3 is 10.1 Å². The van der Waals surface area contributed by atoms with Gasteiger partial charge in [-0.2, -0.15) is 0 Å². The summed E-state index contributed by atoms with van der Waals surface area (Å²) in [6.07, 6.45) is 0. The van der Waals surface area contributed by atoms with Crippen LogP contribution in [0.1, 0.15) is 0 Å². The van der Waals surface area contributed by atoms with Gasteiger partial charge in [0.1, 0.15) is 10.0 Å². The summed E-state index contributed by atoms with van der Waals surface area (Å²) in [5.74, 6) is -0.657. The smallest absolute Gasteiger partial charge is 0.262 e. The maximum Gasteiger partial charge on any atom is 0.262 e. The number of nitrogens with two attached hydrogens (primary N) is 1. The van der Waals surface area contributed by atoms with Crippen molar-refractivity contribution in [1.82, 2.24) is 0 Å². The van der Waals surface area contributed by atoms with Gasteiger partial charge in [0.15, 0.2) is 12.4 Å². The van der Waals surface area contributed by atoms with Crippen LogP contribution < -0.4 is 15.2 Å². The van der Waals surface area contributed by atoms with E-state index in [1.807, 2.05) is 0 Å². The molecule has 26 heavy (non-hydrogen) atoms. The minimum Gasteiger partial charge on any atom is -0.481 e.